The molecule has 0 saturated heterocycles. The second-order valence-electron chi connectivity index (χ2n) is 5.93. The second kappa shape index (κ2) is 5.82. The van der Waals surface area contributed by atoms with E-state index in [0.29, 0.717) is 0 Å². The van der Waals surface area contributed by atoms with Crippen molar-refractivity contribution in [2.24, 2.45) is 11.7 Å². The summed E-state index contributed by atoms with van der Waals surface area (Å²) < 4.78 is 0. The molecule has 1 amide bonds. The number of fused-ring (bicyclic) bond motifs is 1. The lowest BCUT2D eigenvalue weighted by Crippen LogP contribution is -2.32. The van der Waals surface area contributed by atoms with Gasteiger partial charge in [-0.05, 0) is 44.7 Å². The van der Waals surface area contributed by atoms with Crippen LogP contribution in [0.1, 0.15) is 31.4 Å². The Hall–Kier alpha value is -1.94. The normalized spacial score (nSPS) is 22.2. The molecule has 1 fully saturated rings. The first-order valence-corrected chi connectivity index (χ1v) is 7.56. The average Bonchev–Trinajstić information content (AvgIpc) is 2.48. The zero-order valence-electron chi connectivity index (χ0n) is 12.3. The summed E-state index contributed by atoms with van der Waals surface area (Å²) in [4.78, 5) is 17.0. The molecule has 1 aromatic carbocycles. The maximum absolute atomic E-state index is 12.4. The smallest absolute Gasteiger partial charge is 0.227 e. The molecule has 1 aliphatic rings. The molecule has 4 nitrogen and oxygen atoms in total. The van der Waals surface area contributed by atoms with Gasteiger partial charge in [0.2, 0.25) is 5.91 Å². The van der Waals surface area contributed by atoms with Crippen LogP contribution in [0.4, 0.5) is 5.69 Å². The van der Waals surface area contributed by atoms with Gasteiger partial charge in [0.25, 0.3) is 0 Å². The minimum Gasteiger partial charge on any atom is -0.328 e. The number of aromatic nitrogens is 1. The summed E-state index contributed by atoms with van der Waals surface area (Å²) in [6.07, 6.45) is 3.63. The van der Waals surface area contributed by atoms with Crippen LogP contribution in [0.2, 0.25) is 0 Å². The molecular formula is C17H21N3O. The molecule has 3 N–H and O–H groups in total. The lowest BCUT2D eigenvalue weighted by atomic mass is 9.86. The molecule has 2 aromatic rings. The number of anilines is 1. The molecule has 4 heteroatoms. The van der Waals surface area contributed by atoms with Crippen LogP contribution in [-0.4, -0.2) is 16.9 Å². The quantitative estimate of drug-likeness (QED) is 0.890. The fraction of sp³-hybridized carbons (Fsp3) is 0.412. The Morgan fingerprint density at radius 2 is 1.95 bits per heavy atom. The van der Waals surface area contributed by atoms with Gasteiger partial charge in [-0.15, -0.1) is 0 Å². The average molecular weight is 283 g/mol. The highest BCUT2D eigenvalue weighted by Gasteiger charge is 2.24. The van der Waals surface area contributed by atoms with Gasteiger partial charge in [0.05, 0.1) is 11.2 Å². The van der Waals surface area contributed by atoms with E-state index < -0.39 is 0 Å². The van der Waals surface area contributed by atoms with Crippen molar-refractivity contribution in [3.05, 3.63) is 36.0 Å². The Bertz CT molecular complexity index is 660. The molecule has 3 rings (SSSR count). The fourth-order valence-corrected chi connectivity index (χ4v) is 2.96. The van der Waals surface area contributed by atoms with Crippen molar-refractivity contribution in [1.29, 1.82) is 0 Å². The van der Waals surface area contributed by atoms with Crippen LogP contribution in [0.15, 0.2) is 30.3 Å². The van der Waals surface area contributed by atoms with Crippen molar-refractivity contribution in [3.63, 3.8) is 0 Å². The summed E-state index contributed by atoms with van der Waals surface area (Å²) in [5.74, 6) is 0.169. The van der Waals surface area contributed by atoms with Crippen LogP contribution in [0.5, 0.6) is 0 Å². The first-order valence-electron chi connectivity index (χ1n) is 7.56. The first kappa shape index (κ1) is 14.0. The van der Waals surface area contributed by atoms with E-state index in [4.69, 9.17) is 5.73 Å². The molecule has 1 saturated carbocycles. The van der Waals surface area contributed by atoms with Crippen LogP contribution in [0.25, 0.3) is 10.9 Å². The van der Waals surface area contributed by atoms with Crippen LogP contribution >= 0.6 is 0 Å². The predicted octanol–water partition coefficient (Wildman–Crippen LogP) is 3.00. The second-order valence-corrected chi connectivity index (χ2v) is 5.93. The Kier molecular flexibility index (Phi) is 3.88. The number of pyridine rings is 1. The summed E-state index contributed by atoms with van der Waals surface area (Å²) in [5.41, 5.74) is 8.51. The van der Waals surface area contributed by atoms with Gasteiger partial charge in [0.1, 0.15) is 0 Å². The minimum absolute atomic E-state index is 0.0739. The van der Waals surface area contributed by atoms with Gasteiger partial charge in [-0.2, -0.15) is 0 Å². The molecule has 0 bridgehead atoms. The van der Waals surface area contributed by atoms with Gasteiger partial charge in [-0.3, -0.25) is 9.78 Å². The van der Waals surface area contributed by atoms with Gasteiger partial charge in [0, 0.05) is 23.0 Å². The van der Waals surface area contributed by atoms with Crippen molar-refractivity contribution < 1.29 is 4.79 Å². The highest BCUT2D eigenvalue weighted by molar-refractivity contribution is 6.01. The third-order valence-electron chi connectivity index (χ3n) is 4.26. The summed E-state index contributed by atoms with van der Waals surface area (Å²) >= 11 is 0. The number of benzene rings is 1. The number of amides is 1. The molecule has 21 heavy (non-hydrogen) atoms. The monoisotopic (exact) mass is 283 g/mol. The van der Waals surface area contributed by atoms with Gasteiger partial charge in [0.15, 0.2) is 0 Å². The van der Waals surface area contributed by atoms with E-state index in [-0.39, 0.29) is 17.9 Å². The maximum atomic E-state index is 12.4. The number of hydrogen-bond acceptors (Lipinski definition) is 3. The molecule has 0 spiro atoms. The number of rotatable bonds is 2. The standard InChI is InChI=1S/C17H21N3O/c1-11-5-6-12-3-2-4-15(16(12)19-11)20-17(21)13-7-9-14(18)10-8-13/h2-6,13-14H,7-10,18H2,1H3,(H,20,21). The van der Waals surface area contributed by atoms with Crippen LogP contribution < -0.4 is 11.1 Å². The lowest BCUT2D eigenvalue weighted by molar-refractivity contribution is -0.120. The number of carbonyl (C=O) groups excluding carboxylic acids is 1. The topological polar surface area (TPSA) is 68.0 Å². The van der Waals surface area contributed by atoms with Gasteiger partial charge in [-0.1, -0.05) is 18.2 Å². The Labute approximate surface area is 124 Å². The van der Waals surface area contributed by atoms with Gasteiger partial charge >= 0.3 is 0 Å². The maximum Gasteiger partial charge on any atom is 0.227 e. The summed E-state index contributed by atoms with van der Waals surface area (Å²) in [6.45, 7) is 1.96. The Morgan fingerprint density at radius 1 is 1.19 bits per heavy atom. The van der Waals surface area contributed by atoms with E-state index in [9.17, 15) is 4.79 Å². The summed E-state index contributed by atoms with van der Waals surface area (Å²) in [5, 5.41) is 4.10. The van der Waals surface area contributed by atoms with Crippen molar-refractivity contribution in [1.82, 2.24) is 4.98 Å². The zero-order valence-corrected chi connectivity index (χ0v) is 12.3. The fourth-order valence-electron chi connectivity index (χ4n) is 2.96. The summed E-state index contributed by atoms with van der Waals surface area (Å²) in [7, 11) is 0. The number of nitrogens with two attached hydrogens (primary N) is 1. The molecule has 0 radical (unpaired) electrons. The minimum atomic E-state index is 0.0739. The summed E-state index contributed by atoms with van der Waals surface area (Å²) in [6, 6.07) is 10.2. The molecule has 110 valence electrons. The van der Waals surface area contributed by atoms with Crippen LogP contribution in [-0.2, 0) is 4.79 Å². The number of aryl methyl sites for hydroxylation is 1. The van der Waals surface area contributed by atoms with Crippen LogP contribution in [0, 0.1) is 12.8 Å². The van der Waals surface area contributed by atoms with E-state index in [2.05, 4.69) is 10.3 Å². The number of nitrogens with zero attached hydrogens (tertiary/aromatic N) is 1. The molecule has 0 atom stereocenters. The van der Waals surface area contributed by atoms with Gasteiger partial charge in [-0.25, -0.2) is 0 Å². The largest absolute Gasteiger partial charge is 0.328 e. The number of nitrogens with one attached hydrogen (secondary N) is 1. The van der Waals surface area contributed by atoms with Crippen molar-refractivity contribution in [3.8, 4) is 0 Å². The zero-order chi connectivity index (χ0) is 14.8. The van der Waals surface area contributed by atoms with E-state index in [0.717, 1.165) is 48.0 Å². The lowest BCUT2D eigenvalue weighted by Gasteiger charge is -2.25. The van der Waals surface area contributed by atoms with Crippen molar-refractivity contribution in [2.45, 2.75) is 38.6 Å². The Morgan fingerprint density at radius 3 is 2.71 bits per heavy atom. The highest BCUT2D eigenvalue weighted by atomic mass is 16.1. The predicted molar refractivity (Wildman–Crippen MR) is 85.0 cm³/mol. The number of hydrogen-bond donors (Lipinski definition) is 2. The highest BCUT2D eigenvalue weighted by Crippen LogP contribution is 2.27. The van der Waals surface area contributed by atoms with E-state index >= 15 is 0 Å². The van der Waals surface area contributed by atoms with E-state index in [1.54, 1.807) is 0 Å². The third kappa shape index (κ3) is 3.05. The molecule has 1 aromatic heterocycles. The number of carbonyl (C=O) groups is 1. The molecular weight excluding hydrogens is 262 g/mol. The molecule has 1 heterocycles. The van der Waals surface area contributed by atoms with Crippen molar-refractivity contribution >= 4 is 22.5 Å². The van der Waals surface area contributed by atoms with E-state index in [1.165, 1.54) is 0 Å². The van der Waals surface area contributed by atoms with Crippen LogP contribution in [0.3, 0.4) is 0 Å². The SMILES string of the molecule is Cc1ccc2cccc(NC(=O)C3CCC(N)CC3)c2n1. The van der Waals surface area contributed by atoms with Crippen molar-refractivity contribution in [2.75, 3.05) is 5.32 Å². The third-order valence-corrected chi connectivity index (χ3v) is 4.26. The van der Waals surface area contributed by atoms with Gasteiger partial charge < -0.3 is 11.1 Å². The molecule has 0 aliphatic heterocycles. The Balaban J connectivity index is 1.81. The number of para-hydroxylation sites is 1. The van der Waals surface area contributed by atoms with E-state index in [1.807, 2.05) is 37.3 Å². The molecule has 1 aliphatic carbocycles. The molecule has 0 unspecified atom stereocenters. The first-order chi connectivity index (χ1) is 10.1.